The first-order chi connectivity index (χ1) is 23.3. The van der Waals surface area contributed by atoms with Crippen molar-refractivity contribution in [1.82, 2.24) is 15.3 Å². The molecule has 2 aromatic carbocycles. The van der Waals surface area contributed by atoms with E-state index in [0.29, 0.717) is 40.8 Å². The third-order valence-corrected chi connectivity index (χ3v) is 9.25. The number of hydrogen-bond donors (Lipinski definition) is 2. The van der Waals surface area contributed by atoms with Gasteiger partial charge in [0, 0.05) is 44.4 Å². The summed E-state index contributed by atoms with van der Waals surface area (Å²) in [5.74, 6) is 0.00991. The second-order valence-electron chi connectivity index (χ2n) is 12.3. The molecule has 48 heavy (non-hydrogen) atoms. The second-order valence-corrected chi connectivity index (χ2v) is 12.3. The van der Waals surface area contributed by atoms with Crippen molar-refractivity contribution in [1.29, 1.82) is 0 Å². The number of benzene rings is 2. The minimum Gasteiger partial charge on any atom is -0.497 e. The predicted molar refractivity (Wildman–Crippen MR) is 181 cm³/mol. The molecule has 0 amide bonds. The number of Topliss-reactive ketones (excluding diaryl/α,β-unsaturated/α-hetero) is 1. The highest BCUT2D eigenvalue weighted by atomic mass is 19.1. The number of hydrogen-bond acceptors (Lipinski definition) is 9. The molecule has 252 valence electrons. The van der Waals surface area contributed by atoms with Gasteiger partial charge < -0.3 is 29.7 Å². The van der Waals surface area contributed by atoms with Crippen molar-refractivity contribution in [2.75, 3.05) is 44.1 Å². The van der Waals surface area contributed by atoms with Gasteiger partial charge >= 0.3 is 0 Å². The number of ketones is 1. The summed E-state index contributed by atoms with van der Waals surface area (Å²) in [7, 11) is 3.16. The van der Waals surface area contributed by atoms with Gasteiger partial charge in [0.2, 0.25) is 0 Å². The number of anilines is 3. The minimum atomic E-state index is -0.754. The van der Waals surface area contributed by atoms with E-state index in [9.17, 15) is 4.79 Å². The maximum atomic E-state index is 15.0. The summed E-state index contributed by atoms with van der Waals surface area (Å²) in [5, 5.41) is 6.55. The molecule has 0 aliphatic carbocycles. The Morgan fingerprint density at radius 2 is 1.77 bits per heavy atom. The fraction of sp³-hybridized carbons (Fsp3) is 0.378. The summed E-state index contributed by atoms with van der Waals surface area (Å²) >= 11 is 0. The van der Waals surface area contributed by atoms with Crippen molar-refractivity contribution < 1.29 is 27.8 Å². The zero-order chi connectivity index (χ0) is 33.7. The maximum Gasteiger partial charge on any atom is 0.163 e. The third-order valence-electron chi connectivity index (χ3n) is 9.25. The Bertz CT molecular complexity index is 1730. The van der Waals surface area contributed by atoms with Crippen LogP contribution in [0, 0.1) is 11.6 Å². The molecule has 11 heteroatoms. The van der Waals surface area contributed by atoms with E-state index < -0.39 is 11.6 Å². The number of carbonyl (C=O) groups is 1. The molecule has 6 rings (SSSR count). The highest BCUT2D eigenvalue weighted by Gasteiger charge is 2.37. The summed E-state index contributed by atoms with van der Waals surface area (Å²) in [5.41, 5.74) is 2.63. The predicted octanol–water partition coefficient (Wildman–Crippen LogP) is 7.21. The van der Waals surface area contributed by atoms with Gasteiger partial charge in [-0.25, -0.2) is 13.8 Å². The van der Waals surface area contributed by atoms with Crippen LogP contribution >= 0.6 is 0 Å². The Balaban J connectivity index is 1.27. The zero-order valence-corrected chi connectivity index (χ0v) is 27.6. The first-order valence-electron chi connectivity index (χ1n) is 16.3. The highest BCUT2D eigenvalue weighted by molar-refractivity contribution is 6.02. The Morgan fingerprint density at radius 3 is 2.42 bits per heavy atom. The standard InChI is InChI=1S/C37H41F2N5O4/c1-24(45)35-30(43-34-12-10-26(22-41-34)44-16-14-37(15-17-44)13-4-5-18-48-37)20-31(36-28(38)7-6-8-29(36)39)42-32(35)23-40-21-25-9-11-27(46-2)19-33(25)47-3/h6-12,19-20,22,40H,4-5,13-18,21,23H2,1-3H3,(H,41,42,43). The van der Waals surface area contributed by atoms with Crippen molar-refractivity contribution in [3.05, 3.63) is 89.2 Å². The fourth-order valence-electron chi connectivity index (χ4n) is 6.66. The fourth-order valence-corrected chi connectivity index (χ4v) is 6.66. The van der Waals surface area contributed by atoms with E-state index in [2.05, 4.69) is 25.5 Å². The van der Waals surface area contributed by atoms with Crippen LogP contribution in [0.3, 0.4) is 0 Å². The molecule has 0 atom stereocenters. The quantitative estimate of drug-likeness (QED) is 0.162. The molecule has 2 aliphatic heterocycles. The lowest BCUT2D eigenvalue weighted by Crippen LogP contribution is -2.47. The number of halogens is 2. The van der Waals surface area contributed by atoms with E-state index in [1.807, 2.05) is 24.3 Å². The number of methoxy groups -OCH3 is 2. The monoisotopic (exact) mass is 657 g/mol. The zero-order valence-electron chi connectivity index (χ0n) is 27.6. The van der Waals surface area contributed by atoms with E-state index in [1.54, 1.807) is 26.5 Å². The average molecular weight is 658 g/mol. The van der Waals surface area contributed by atoms with Crippen LogP contribution in [0.25, 0.3) is 11.3 Å². The van der Waals surface area contributed by atoms with Crippen LogP contribution in [0.4, 0.5) is 26.0 Å². The minimum absolute atomic E-state index is 0.0107. The normalized spacial score (nSPS) is 15.7. The first-order valence-corrected chi connectivity index (χ1v) is 16.3. The van der Waals surface area contributed by atoms with Crippen LogP contribution in [0.1, 0.15) is 60.6 Å². The lowest BCUT2D eigenvalue weighted by molar-refractivity contribution is -0.0920. The lowest BCUT2D eigenvalue weighted by Gasteiger charge is -2.44. The Hall–Kier alpha value is -4.61. The molecule has 0 saturated carbocycles. The van der Waals surface area contributed by atoms with Crippen molar-refractivity contribution >= 4 is 23.0 Å². The van der Waals surface area contributed by atoms with Gasteiger partial charge in [0.1, 0.15) is 29.0 Å². The molecule has 9 nitrogen and oxygen atoms in total. The van der Waals surface area contributed by atoms with Gasteiger partial charge in [0.15, 0.2) is 5.78 Å². The molecule has 2 aliphatic rings. The van der Waals surface area contributed by atoms with Crippen molar-refractivity contribution in [2.45, 2.75) is 57.7 Å². The molecule has 4 heterocycles. The number of ether oxygens (including phenoxy) is 3. The van der Waals surface area contributed by atoms with Gasteiger partial charge in [0.05, 0.1) is 59.9 Å². The summed E-state index contributed by atoms with van der Waals surface area (Å²) in [4.78, 5) is 24.7. The van der Waals surface area contributed by atoms with Gasteiger partial charge in [0.25, 0.3) is 0 Å². The number of piperidine rings is 1. The molecule has 4 aromatic rings. The summed E-state index contributed by atoms with van der Waals surface area (Å²) in [6, 6.07) is 14.5. The summed E-state index contributed by atoms with van der Waals surface area (Å²) in [6.07, 6.45) is 7.27. The molecular weight excluding hydrogens is 616 g/mol. The molecule has 2 aromatic heterocycles. The molecule has 0 radical (unpaired) electrons. The number of pyridine rings is 2. The Morgan fingerprint density at radius 1 is 0.979 bits per heavy atom. The lowest BCUT2D eigenvalue weighted by atomic mass is 9.84. The Kier molecular flexibility index (Phi) is 10.2. The molecule has 2 N–H and O–H groups in total. The largest absolute Gasteiger partial charge is 0.497 e. The van der Waals surface area contributed by atoms with Crippen molar-refractivity contribution in [2.24, 2.45) is 0 Å². The van der Waals surface area contributed by atoms with E-state index in [0.717, 1.165) is 56.6 Å². The van der Waals surface area contributed by atoms with Gasteiger partial charge in [-0.15, -0.1) is 0 Å². The van der Waals surface area contributed by atoms with E-state index >= 15 is 8.78 Å². The van der Waals surface area contributed by atoms with Crippen LogP contribution in [0.2, 0.25) is 0 Å². The van der Waals surface area contributed by atoms with Crippen LogP contribution in [-0.4, -0.2) is 55.3 Å². The van der Waals surface area contributed by atoms with E-state index in [1.165, 1.54) is 37.6 Å². The summed E-state index contributed by atoms with van der Waals surface area (Å²) in [6.45, 7) is 4.58. The third kappa shape index (κ3) is 7.27. The second kappa shape index (κ2) is 14.7. The summed E-state index contributed by atoms with van der Waals surface area (Å²) < 4.78 is 47.0. The smallest absolute Gasteiger partial charge is 0.163 e. The molecule has 0 unspecified atom stereocenters. The number of carbonyl (C=O) groups excluding carboxylic acids is 1. The topological polar surface area (TPSA) is 97.8 Å². The first kappa shape index (κ1) is 33.3. The molecule has 1 spiro atoms. The Labute approximate surface area is 279 Å². The number of rotatable bonds is 11. The SMILES string of the molecule is COc1ccc(CNCc2nc(-c3c(F)cccc3F)cc(Nc3ccc(N4CCC5(CCCCO5)CC4)cn3)c2C(C)=O)c(OC)c1. The van der Waals surface area contributed by atoms with Gasteiger partial charge in [-0.2, -0.15) is 0 Å². The highest BCUT2D eigenvalue weighted by Crippen LogP contribution is 2.37. The van der Waals surface area contributed by atoms with Gasteiger partial charge in [-0.05, 0) is 75.4 Å². The number of nitrogens with one attached hydrogen (secondary N) is 2. The number of aromatic nitrogens is 2. The van der Waals surface area contributed by atoms with Crippen LogP contribution in [0.5, 0.6) is 11.5 Å². The molecule has 0 bridgehead atoms. The van der Waals surface area contributed by atoms with E-state index in [-0.39, 0.29) is 29.2 Å². The maximum absolute atomic E-state index is 15.0. The van der Waals surface area contributed by atoms with Crippen LogP contribution < -0.4 is 25.0 Å². The average Bonchev–Trinajstić information content (AvgIpc) is 3.09. The van der Waals surface area contributed by atoms with Gasteiger partial charge in [-0.1, -0.05) is 12.1 Å². The van der Waals surface area contributed by atoms with Crippen LogP contribution in [-0.2, 0) is 17.8 Å². The van der Waals surface area contributed by atoms with Crippen LogP contribution in [0.15, 0.2) is 60.8 Å². The molecule has 2 fully saturated rings. The number of nitrogens with zero attached hydrogens (tertiary/aromatic N) is 3. The van der Waals surface area contributed by atoms with E-state index in [4.69, 9.17) is 14.2 Å². The van der Waals surface area contributed by atoms with Crippen molar-refractivity contribution in [3.63, 3.8) is 0 Å². The van der Waals surface area contributed by atoms with Crippen molar-refractivity contribution in [3.8, 4) is 22.8 Å². The molecule has 2 saturated heterocycles. The van der Waals surface area contributed by atoms with Gasteiger partial charge in [-0.3, -0.25) is 9.78 Å². The molecular formula is C37H41F2N5O4.